The molecular formula is C51H97O5P. The van der Waals surface area contributed by atoms with Crippen LogP contribution in [0.15, 0.2) is 18.2 Å². The Labute approximate surface area is 356 Å². The van der Waals surface area contributed by atoms with Crippen LogP contribution in [0.25, 0.3) is 0 Å². The van der Waals surface area contributed by atoms with E-state index in [2.05, 4.69) is 61.5 Å². The van der Waals surface area contributed by atoms with Crippen molar-refractivity contribution < 1.29 is 23.2 Å². The third kappa shape index (κ3) is 30.0. The van der Waals surface area contributed by atoms with Crippen molar-refractivity contribution in [3.63, 3.8) is 0 Å². The molecule has 336 valence electrons. The summed E-state index contributed by atoms with van der Waals surface area (Å²) < 4.78 is 31.8. The first-order valence-electron chi connectivity index (χ1n) is 24.7. The third-order valence-electron chi connectivity index (χ3n) is 11.7. The average Bonchev–Trinajstić information content (AvgIpc) is 3.16. The largest absolute Gasteiger partial charge is 0.477 e. The Bertz CT molecular complexity index is 1030. The van der Waals surface area contributed by atoms with Gasteiger partial charge in [0, 0.05) is 5.56 Å². The summed E-state index contributed by atoms with van der Waals surface area (Å²) in [6.45, 7) is 18.2. The maximum atomic E-state index is 14.1. The van der Waals surface area contributed by atoms with Crippen molar-refractivity contribution in [2.24, 2.45) is 0 Å². The second kappa shape index (κ2) is 33.9. The fourth-order valence-corrected chi connectivity index (χ4v) is 8.86. The standard InChI is InChI=1S/C51H97O5P/c1-9-11-13-15-17-19-21-23-25-27-29-31-33-35-37-39-41-54-57(53,56-49(52)46-43-47(50(3,4)5)45-48(44-46)51(6,7)8)55-42-40-38-36-34-32-30-28-26-24-22-20-18-16-14-12-10-2/h43-45,49,52H,9-42H2,1-8H3. The molecule has 6 heteroatoms. The first-order valence-corrected chi connectivity index (χ1v) is 26.2. The molecule has 1 atom stereocenters. The quantitative estimate of drug-likeness (QED) is 0.0407. The van der Waals surface area contributed by atoms with Gasteiger partial charge in [-0.3, -0.25) is 13.6 Å². The van der Waals surface area contributed by atoms with Gasteiger partial charge in [0.25, 0.3) is 0 Å². The van der Waals surface area contributed by atoms with Crippen LogP contribution in [0.2, 0.25) is 0 Å². The van der Waals surface area contributed by atoms with Gasteiger partial charge < -0.3 is 5.11 Å². The highest BCUT2D eigenvalue weighted by Gasteiger charge is 2.32. The van der Waals surface area contributed by atoms with Gasteiger partial charge in [0.1, 0.15) is 0 Å². The van der Waals surface area contributed by atoms with Crippen LogP contribution in [0.5, 0.6) is 0 Å². The Morgan fingerprint density at radius 1 is 0.439 bits per heavy atom. The minimum atomic E-state index is -3.98. The number of phosphoric acid groups is 1. The minimum absolute atomic E-state index is 0.118. The van der Waals surface area contributed by atoms with Crippen molar-refractivity contribution in [3.8, 4) is 0 Å². The molecule has 1 N–H and O–H groups in total. The minimum Gasteiger partial charge on any atom is -0.364 e. The highest BCUT2D eigenvalue weighted by atomic mass is 31.2. The molecule has 0 aromatic heterocycles. The van der Waals surface area contributed by atoms with Gasteiger partial charge in [0.15, 0.2) is 6.29 Å². The van der Waals surface area contributed by atoms with Gasteiger partial charge in [-0.1, -0.05) is 266 Å². The lowest BCUT2D eigenvalue weighted by atomic mass is 9.79. The van der Waals surface area contributed by atoms with Gasteiger partial charge >= 0.3 is 7.82 Å². The molecular weight excluding hydrogens is 724 g/mol. The topological polar surface area (TPSA) is 65.0 Å². The second-order valence-electron chi connectivity index (χ2n) is 19.5. The zero-order valence-corrected chi connectivity index (χ0v) is 40.3. The van der Waals surface area contributed by atoms with Gasteiger partial charge in [-0.2, -0.15) is 0 Å². The van der Waals surface area contributed by atoms with E-state index in [4.69, 9.17) is 13.6 Å². The Balaban J connectivity index is 2.49. The summed E-state index contributed by atoms with van der Waals surface area (Å²) in [4.78, 5) is 0. The lowest BCUT2D eigenvalue weighted by Gasteiger charge is -2.28. The number of hydrogen-bond donors (Lipinski definition) is 1. The molecule has 0 heterocycles. The highest BCUT2D eigenvalue weighted by molar-refractivity contribution is 7.48. The van der Waals surface area contributed by atoms with Crippen LogP contribution in [0.4, 0.5) is 0 Å². The number of phosphoric ester groups is 1. The van der Waals surface area contributed by atoms with E-state index in [0.717, 1.165) is 49.7 Å². The molecule has 57 heavy (non-hydrogen) atoms. The summed E-state index contributed by atoms with van der Waals surface area (Å²) in [5, 5.41) is 11.4. The predicted molar refractivity (Wildman–Crippen MR) is 248 cm³/mol. The fourth-order valence-electron chi connectivity index (χ4n) is 7.59. The zero-order chi connectivity index (χ0) is 42.1. The van der Waals surface area contributed by atoms with Crippen molar-refractivity contribution in [1.29, 1.82) is 0 Å². The molecule has 0 radical (unpaired) electrons. The summed E-state index contributed by atoms with van der Waals surface area (Å²) in [5.41, 5.74) is 2.56. The van der Waals surface area contributed by atoms with E-state index in [0.29, 0.717) is 18.8 Å². The third-order valence-corrected chi connectivity index (χ3v) is 13.2. The number of hydrogen-bond acceptors (Lipinski definition) is 5. The van der Waals surface area contributed by atoms with Gasteiger partial charge in [0.05, 0.1) is 13.2 Å². The normalized spacial score (nSPS) is 13.1. The molecule has 0 aliphatic rings. The molecule has 0 amide bonds. The Hall–Kier alpha value is -0.710. The summed E-state index contributed by atoms with van der Waals surface area (Å²) >= 11 is 0. The molecule has 0 bridgehead atoms. The van der Waals surface area contributed by atoms with E-state index in [1.165, 1.54) is 167 Å². The summed E-state index contributed by atoms with van der Waals surface area (Å²) in [6, 6.07) is 6.14. The Morgan fingerprint density at radius 2 is 0.684 bits per heavy atom. The number of rotatable bonds is 39. The number of aliphatic hydroxyl groups excluding tert-OH is 1. The Morgan fingerprint density at radius 3 is 0.930 bits per heavy atom. The number of aliphatic hydroxyl groups is 1. The number of benzene rings is 1. The SMILES string of the molecule is CCCCCCCCCCCCCCCCCCOP(=O)(OCCCCCCCCCCCCCCCCCC)OC(O)c1cc(C(C)(C)C)cc(C(C)(C)C)c1. The van der Waals surface area contributed by atoms with Crippen LogP contribution < -0.4 is 0 Å². The van der Waals surface area contributed by atoms with Crippen molar-refractivity contribution in [3.05, 3.63) is 34.9 Å². The maximum Gasteiger partial charge on any atom is 0.477 e. The van der Waals surface area contributed by atoms with Crippen LogP contribution in [-0.2, 0) is 29.0 Å². The molecule has 0 spiro atoms. The van der Waals surface area contributed by atoms with E-state index in [9.17, 15) is 9.67 Å². The smallest absolute Gasteiger partial charge is 0.364 e. The average molecular weight is 821 g/mol. The van der Waals surface area contributed by atoms with Crippen LogP contribution in [0.1, 0.15) is 284 Å². The predicted octanol–water partition coefficient (Wildman–Crippen LogP) is 18.0. The van der Waals surface area contributed by atoms with Gasteiger partial charge in [0.2, 0.25) is 0 Å². The lowest BCUT2D eigenvalue weighted by Crippen LogP contribution is -2.18. The van der Waals surface area contributed by atoms with E-state index in [1.54, 1.807) is 0 Å². The van der Waals surface area contributed by atoms with Crippen molar-refractivity contribution in [2.45, 2.75) is 278 Å². The summed E-state index contributed by atoms with van der Waals surface area (Å²) in [5.74, 6) is 0. The van der Waals surface area contributed by atoms with Crippen LogP contribution in [-0.4, -0.2) is 18.3 Å². The van der Waals surface area contributed by atoms with Crippen LogP contribution in [0.3, 0.4) is 0 Å². The molecule has 0 aliphatic heterocycles. The van der Waals surface area contributed by atoms with Crippen molar-refractivity contribution >= 4 is 7.82 Å². The molecule has 1 unspecified atom stereocenters. The van der Waals surface area contributed by atoms with Crippen molar-refractivity contribution in [2.75, 3.05) is 13.2 Å². The monoisotopic (exact) mass is 821 g/mol. The van der Waals surface area contributed by atoms with E-state index < -0.39 is 14.1 Å². The highest BCUT2D eigenvalue weighted by Crippen LogP contribution is 2.53. The number of unbranched alkanes of at least 4 members (excludes halogenated alkanes) is 30. The van der Waals surface area contributed by atoms with Gasteiger partial charge in [-0.15, -0.1) is 0 Å². The van der Waals surface area contributed by atoms with E-state index >= 15 is 0 Å². The first kappa shape index (κ1) is 54.3. The zero-order valence-electron chi connectivity index (χ0n) is 39.4. The molecule has 0 fully saturated rings. The first-order chi connectivity index (χ1) is 27.3. The van der Waals surface area contributed by atoms with Gasteiger partial charge in [-0.05, 0) is 34.8 Å². The summed E-state index contributed by atoms with van der Waals surface area (Å²) in [6.07, 6.45) is 40.1. The second-order valence-corrected chi connectivity index (χ2v) is 21.1. The molecule has 1 aromatic rings. The fraction of sp³-hybridized carbons (Fsp3) is 0.882. The van der Waals surface area contributed by atoms with Crippen LogP contribution in [0, 0.1) is 0 Å². The van der Waals surface area contributed by atoms with Crippen LogP contribution >= 0.6 is 7.82 Å². The summed E-state index contributed by atoms with van der Waals surface area (Å²) in [7, 11) is -3.98. The molecule has 0 saturated heterocycles. The van der Waals surface area contributed by atoms with E-state index in [1.807, 2.05) is 12.1 Å². The van der Waals surface area contributed by atoms with Crippen molar-refractivity contribution in [1.82, 2.24) is 0 Å². The Kier molecular flexibility index (Phi) is 32.3. The van der Waals surface area contributed by atoms with E-state index in [-0.39, 0.29) is 10.8 Å². The molecule has 0 aliphatic carbocycles. The lowest BCUT2D eigenvalue weighted by molar-refractivity contribution is -0.0515. The molecule has 1 rings (SSSR count). The maximum absolute atomic E-state index is 14.1. The van der Waals surface area contributed by atoms with Gasteiger partial charge in [-0.25, -0.2) is 4.57 Å². The molecule has 1 aromatic carbocycles. The molecule has 5 nitrogen and oxygen atoms in total. The molecule has 0 saturated carbocycles.